The third-order valence-electron chi connectivity index (χ3n) is 5.75. The molecule has 2 aromatic carbocycles. The highest BCUT2D eigenvalue weighted by atomic mass is 16.5. The van der Waals surface area contributed by atoms with Gasteiger partial charge in [-0.15, -0.1) is 0 Å². The molecule has 0 saturated carbocycles. The van der Waals surface area contributed by atoms with Crippen molar-refractivity contribution in [2.45, 2.75) is 12.0 Å². The molecular formula is C24H25N3O5. The summed E-state index contributed by atoms with van der Waals surface area (Å²) in [5, 5.41) is 10.6. The lowest BCUT2D eigenvalue weighted by atomic mass is 9.83. The van der Waals surface area contributed by atoms with Crippen molar-refractivity contribution in [3.05, 3.63) is 87.8 Å². The van der Waals surface area contributed by atoms with Crippen molar-refractivity contribution in [2.75, 3.05) is 33.9 Å². The van der Waals surface area contributed by atoms with E-state index in [4.69, 9.17) is 9.47 Å². The molecule has 1 aliphatic heterocycles. The number of benzene rings is 2. The molecule has 0 radical (unpaired) electrons. The van der Waals surface area contributed by atoms with E-state index >= 15 is 0 Å². The fourth-order valence-corrected chi connectivity index (χ4v) is 4.31. The van der Waals surface area contributed by atoms with Crippen LogP contribution in [0, 0.1) is 0 Å². The molecule has 1 atom stereocenters. The summed E-state index contributed by atoms with van der Waals surface area (Å²) in [5.74, 6) is -1.34. The van der Waals surface area contributed by atoms with E-state index in [9.17, 15) is 14.7 Å². The minimum atomic E-state index is -0.898. The number of methoxy groups -OCH3 is 2. The van der Waals surface area contributed by atoms with Gasteiger partial charge in [0.1, 0.15) is 0 Å². The van der Waals surface area contributed by atoms with E-state index < -0.39 is 23.3 Å². The second-order valence-corrected chi connectivity index (χ2v) is 7.58. The lowest BCUT2D eigenvalue weighted by Crippen LogP contribution is -2.47. The fourth-order valence-electron chi connectivity index (χ4n) is 4.31. The van der Waals surface area contributed by atoms with Gasteiger partial charge >= 0.3 is 11.6 Å². The van der Waals surface area contributed by atoms with Crippen LogP contribution in [0.1, 0.15) is 33.6 Å². The Kier molecular flexibility index (Phi) is 6.23. The molecule has 8 heteroatoms. The Balaban J connectivity index is 1.97. The average molecular weight is 435 g/mol. The second-order valence-electron chi connectivity index (χ2n) is 7.58. The van der Waals surface area contributed by atoms with Crippen LogP contribution in [-0.2, 0) is 4.74 Å². The number of amides is 1. The summed E-state index contributed by atoms with van der Waals surface area (Å²) in [5.41, 5.74) is 1.03. The number of nitrogens with zero attached hydrogens (tertiary/aromatic N) is 3. The molecule has 1 aromatic heterocycles. The molecule has 2 heterocycles. The quantitative estimate of drug-likeness (QED) is 0.613. The van der Waals surface area contributed by atoms with Crippen molar-refractivity contribution in [3.63, 3.8) is 0 Å². The maximum absolute atomic E-state index is 13.3. The van der Waals surface area contributed by atoms with Gasteiger partial charge in [0.25, 0.3) is 5.91 Å². The van der Waals surface area contributed by atoms with E-state index in [1.54, 1.807) is 16.6 Å². The van der Waals surface area contributed by atoms with Crippen LogP contribution < -0.4 is 10.3 Å². The largest absolute Gasteiger partial charge is 0.501 e. The smallest absolute Gasteiger partial charge is 0.318 e. The fraction of sp³-hybridized carbons (Fsp3) is 0.292. The molecule has 0 saturated heterocycles. The normalized spacial score (nSPS) is 15.7. The van der Waals surface area contributed by atoms with Gasteiger partial charge in [-0.25, -0.2) is 0 Å². The Morgan fingerprint density at radius 2 is 1.62 bits per heavy atom. The summed E-state index contributed by atoms with van der Waals surface area (Å²) in [6.45, 7) is 0.970. The van der Waals surface area contributed by atoms with Crippen LogP contribution in [0.3, 0.4) is 0 Å². The Bertz CT molecular complexity index is 1110. The van der Waals surface area contributed by atoms with Crippen molar-refractivity contribution in [1.82, 2.24) is 14.5 Å². The molecule has 1 aliphatic rings. The number of hydrogen-bond acceptors (Lipinski definition) is 6. The third kappa shape index (κ3) is 3.85. The maximum atomic E-state index is 13.3. The number of aromatic nitrogens is 2. The molecular weight excluding hydrogens is 410 g/mol. The van der Waals surface area contributed by atoms with Gasteiger partial charge in [0, 0.05) is 26.1 Å². The maximum Gasteiger partial charge on any atom is 0.318 e. The molecule has 4 rings (SSSR count). The molecule has 8 nitrogen and oxygen atoms in total. The van der Waals surface area contributed by atoms with Crippen LogP contribution in [0.2, 0.25) is 0 Å². The first-order valence-corrected chi connectivity index (χ1v) is 10.3. The van der Waals surface area contributed by atoms with Crippen molar-refractivity contribution in [1.29, 1.82) is 0 Å². The van der Waals surface area contributed by atoms with Gasteiger partial charge in [0.05, 0.1) is 19.8 Å². The van der Waals surface area contributed by atoms with Gasteiger partial charge in [-0.1, -0.05) is 60.7 Å². The molecule has 1 amide bonds. The Hall–Kier alpha value is -3.65. The van der Waals surface area contributed by atoms with Crippen LogP contribution in [0.4, 0.5) is 0 Å². The minimum Gasteiger partial charge on any atom is -0.501 e. The van der Waals surface area contributed by atoms with Crippen molar-refractivity contribution in [3.8, 4) is 11.8 Å². The summed E-state index contributed by atoms with van der Waals surface area (Å²) >= 11 is 0. The molecule has 1 unspecified atom stereocenters. The molecule has 1 N–H and O–H groups in total. The van der Waals surface area contributed by atoms with E-state index in [-0.39, 0.29) is 17.6 Å². The lowest BCUT2D eigenvalue weighted by Gasteiger charge is -2.40. The van der Waals surface area contributed by atoms with Gasteiger partial charge in [0.2, 0.25) is 5.75 Å². The van der Waals surface area contributed by atoms with Gasteiger partial charge in [-0.2, -0.15) is 4.98 Å². The highest BCUT2D eigenvalue weighted by Gasteiger charge is 2.41. The topological polar surface area (TPSA) is 93.9 Å². The molecule has 0 fully saturated rings. The zero-order valence-corrected chi connectivity index (χ0v) is 18.0. The Morgan fingerprint density at radius 1 is 1.03 bits per heavy atom. The minimum absolute atomic E-state index is 0.00981. The zero-order valence-electron chi connectivity index (χ0n) is 18.0. The van der Waals surface area contributed by atoms with Gasteiger partial charge in [-0.3, -0.25) is 14.2 Å². The predicted molar refractivity (Wildman–Crippen MR) is 118 cm³/mol. The Labute approximate surface area is 185 Å². The summed E-state index contributed by atoms with van der Waals surface area (Å²) in [6.07, 6.45) is 0. The van der Waals surface area contributed by atoms with E-state index in [0.717, 1.165) is 11.1 Å². The third-order valence-corrected chi connectivity index (χ3v) is 5.75. The predicted octanol–water partition coefficient (Wildman–Crippen LogP) is 2.43. The van der Waals surface area contributed by atoms with Crippen molar-refractivity contribution < 1.29 is 19.4 Å². The number of carbonyl (C=O) groups is 1. The first-order chi connectivity index (χ1) is 15.6. The summed E-state index contributed by atoms with van der Waals surface area (Å²) in [6, 6.07) is 19.4. The average Bonchev–Trinajstić information content (AvgIpc) is 2.83. The van der Waals surface area contributed by atoms with Crippen LogP contribution in [0.25, 0.3) is 0 Å². The second kappa shape index (κ2) is 9.23. The van der Waals surface area contributed by atoms with E-state index in [0.29, 0.717) is 19.7 Å². The standard InChI is InChI=1S/C24H25N3O5/c1-31-14-13-26-15-18(27-20(23(26)30)21(28)22(29)25-24(27)32-2)19(16-9-5-3-6-10-16)17-11-7-4-8-12-17/h3-12,18-19,28H,13-15H2,1-2H3. The number of rotatable bonds is 7. The van der Waals surface area contributed by atoms with Gasteiger partial charge in [-0.05, 0) is 11.1 Å². The molecule has 3 aromatic rings. The van der Waals surface area contributed by atoms with E-state index in [1.807, 2.05) is 60.7 Å². The first-order valence-electron chi connectivity index (χ1n) is 10.3. The Morgan fingerprint density at radius 3 is 2.16 bits per heavy atom. The monoisotopic (exact) mass is 435 g/mol. The van der Waals surface area contributed by atoms with Crippen LogP contribution in [-0.4, -0.2) is 59.4 Å². The van der Waals surface area contributed by atoms with Crippen LogP contribution >= 0.6 is 0 Å². The van der Waals surface area contributed by atoms with Crippen molar-refractivity contribution >= 4 is 5.91 Å². The number of fused-ring (bicyclic) bond motifs is 1. The molecule has 0 aliphatic carbocycles. The molecule has 166 valence electrons. The number of ether oxygens (including phenoxy) is 2. The first kappa shape index (κ1) is 21.6. The van der Waals surface area contributed by atoms with Crippen LogP contribution in [0.15, 0.2) is 65.5 Å². The SMILES string of the molecule is COCCN1CC(C(c2ccccc2)c2ccccc2)n2c(OC)nc(=O)c(O)c2C1=O. The molecule has 0 spiro atoms. The molecule has 0 bridgehead atoms. The molecule has 32 heavy (non-hydrogen) atoms. The number of hydrogen-bond donors (Lipinski definition) is 1. The number of carbonyl (C=O) groups excluding carboxylic acids is 1. The number of aromatic hydroxyl groups is 1. The zero-order chi connectivity index (χ0) is 22.7. The van der Waals surface area contributed by atoms with Gasteiger partial charge < -0.3 is 19.5 Å². The van der Waals surface area contributed by atoms with E-state index in [2.05, 4.69) is 4.98 Å². The highest BCUT2D eigenvalue weighted by molar-refractivity contribution is 5.96. The summed E-state index contributed by atoms with van der Waals surface area (Å²) < 4.78 is 12.2. The highest BCUT2D eigenvalue weighted by Crippen LogP contribution is 2.41. The van der Waals surface area contributed by atoms with E-state index in [1.165, 1.54) is 7.11 Å². The van der Waals surface area contributed by atoms with Crippen molar-refractivity contribution in [2.24, 2.45) is 0 Å². The summed E-state index contributed by atoms with van der Waals surface area (Å²) in [7, 11) is 2.95. The summed E-state index contributed by atoms with van der Waals surface area (Å²) in [4.78, 5) is 31.1. The lowest BCUT2D eigenvalue weighted by molar-refractivity contribution is 0.0568. The van der Waals surface area contributed by atoms with Gasteiger partial charge in [0.15, 0.2) is 5.69 Å². The van der Waals surface area contributed by atoms with Crippen LogP contribution in [0.5, 0.6) is 11.8 Å².